The quantitative estimate of drug-likeness (QED) is 0.796. The molecule has 1 aliphatic rings. The van der Waals surface area contributed by atoms with Crippen LogP contribution in [0.2, 0.25) is 0 Å². The summed E-state index contributed by atoms with van der Waals surface area (Å²) in [4.78, 5) is 0. The Morgan fingerprint density at radius 3 is 2.56 bits per heavy atom. The molecule has 0 aliphatic carbocycles. The molecule has 1 aliphatic heterocycles. The number of hydrogen-bond acceptors (Lipinski definition) is 2. The molecule has 96 valence electrons. The van der Waals surface area contributed by atoms with Gasteiger partial charge in [0, 0.05) is 17.7 Å². The number of rotatable bonds is 3. The second kappa shape index (κ2) is 6.82. The lowest BCUT2D eigenvalue weighted by Crippen LogP contribution is -2.36. The SMILES string of the molecule is C=C/C=C1NC(N)CC(/C=C\C)=C(C=C)C/1=C/C. The van der Waals surface area contributed by atoms with Gasteiger partial charge in [0.1, 0.15) is 0 Å². The maximum atomic E-state index is 6.09. The second-order valence-electron chi connectivity index (χ2n) is 4.12. The lowest BCUT2D eigenvalue weighted by atomic mass is 9.96. The van der Waals surface area contributed by atoms with Gasteiger partial charge in [0.25, 0.3) is 0 Å². The van der Waals surface area contributed by atoms with Gasteiger partial charge in [0.15, 0.2) is 0 Å². The summed E-state index contributed by atoms with van der Waals surface area (Å²) in [5.41, 5.74) is 10.5. The Balaban J connectivity index is 3.42. The first-order chi connectivity index (χ1) is 8.67. The van der Waals surface area contributed by atoms with Gasteiger partial charge >= 0.3 is 0 Å². The van der Waals surface area contributed by atoms with E-state index in [4.69, 9.17) is 5.73 Å². The third-order valence-electron chi connectivity index (χ3n) is 2.85. The first-order valence-electron chi connectivity index (χ1n) is 6.18. The summed E-state index contributed by atoms with van der Waals surface area (Å²) in [6.07, 6.45) is 12.5. The van der Waals surface area contributed by atoms with E-state index in [1.54, 1.807) is 6.08 Å². The molecule has 0 fully saturated rings. The Morgan fingerprint density at radius 1 is 1.33 bits per heavy atom. The zero-order valence-electron chi connectivity index (χ0n) is 11.2. The summed E-state index contributed by atoms with van der Waals surface area (Å²) in [5, 5.41) is 3.31. The number of hydrogen-bond donors (Lipinski definition) is 2. The standard InChI is InChI=1S/C16H22N2/c1-5-9-12-11-16(17)18-15(10-6-2)14(8-4)13(12)7-3/h5-10,16,18H,2-3,11,17H2,1,4H3/b9-5-,14-8-,15-10+. The van der Waals surface area contributed by atoms with Crippen molar-refractivity contribution in [2.75, 3.05) is 0 Å². The minimum atomic E-state index is -0.102. The molecule has 0 radical (unpaired) electrons. The molecular formula is C16H22N2. The van der Waals surface area contributed by atoms with Crippen LogP contribution in [0.15, 0.2) is 72.0 Å². The molecule has 0 saturated carbocycles. The van der Waals surface area contributed by atoms with Crippen LogP contribution in [0.3, 0.4) is 0 Å². The topological polar surface area (TPSA) is 38.0 Å². The average Bonchev–Trinajstić information content (AvgIpc) is 2.46. The van der Waals surface area contributed by atoms with Crippen molar-refractivity contribution in [2.24, 2.45) is 5.73 Å². The molecule has 2 nitrogen and oxygen atoms in total. The summed E-state index contributed by atoms with van der Waals surface area (Å²) in [7, 11) is 0. The van der Waals surface area contributed by atoms with Gasteiger partial charge in [-0.3, -0.25) is 0 Å². The van der Waals surface area contributed by atoms with Crippen molar-refractivity contribution < 1.29 is 0 Å². The molecule has 0 aromatic heterocycles. The number of allylic oxidation sites excluding steroid dienone is 7. The Kier molecular flexibility index (Phi) is 5.40. The predicted molar refractivity (Wildman–Crippen MR) is 79.8 cm³/mol. The lowest BCUT2D eigenvalue weighted by molar-refractivity contribution is 0.599. The molecule has 0 spiro atoms. The third-order valence-corrected chi connectivity index (χ3v) is 2.85. The number of nitrogens with one attached hydrogen (secondary N) is 1. The van der Waals surface area contributed by atoms with Gasteiger partial charge in [-0.2, -0.15) is 0 Å². The molecular weight excluding hydrogens is 220 g/mol. The van der Waals surface area contributed by atoms with E-state index >= 15 is 0 Å². The summed E-state index contributed by atoms with van der Waals surface area (Å²) >= 11 is 0. The van der Waals surface area contributed by atoms with Gasteiger partial charge < -0.3 is 11.1 Å². The summed E-state index contributed by atoms with van der Waals surface area (Å²) in [5.74, 6) is 0. The third kappa shape index (κ3) is 3.11. The first-order valence-corrected chi connectivity index (χ1v) is 6.18. The Bertz CT molecular complexity index is 448. The van der Waals surface area contributed by atoms with E-state index < -0.39 is 0 Å². The summed E-state index contributed by atoms with van der Waals surface area (Å²) < 4.78 is 0. The minimum Gasteiger partial charge on any atom is -0.369 e. The highest BCUT2D eigenvalue weighted by atomic mass is 15.0. The zero-order chi connectivity index (χ0) is 13.5. The lowest BCUT2D eigenvalue weighted by Gasteiger charge is -2.15. The Hall–Kier alpha value is -1.80. The highest BCUT2D eigenvalue weighted by Crippen LogP contribution is 2.28. The van der Waals surface area contributed by atoms with Crippen LogP contribution in [0, 0.1) is 0 Å². The normalized spacial score (nSPS) is 25.4. The molecule has 0 aromatic carbocycles. The monoisotopic (exact) mass is 242 g/mol. The molecule has 0 amide bonds. The van der Waals surface area contributed by atoms with Gasteiger partial charge in [-0.05, 0) is 31.1 Å². The highest BCUT2D eigenvalue weighted by molar-refractivity contribution is 5.57. The van der Waals surface area contributed by atoms with E-state index in [0.717, 1.165) is 23.3 Å². The molecule has 0 bridgehead atoms. The molecule has 0 saturated heterocycles. The van der Waals surface area contributed by atoms with E-state index in [0.29, 0.717) is 0 Å². The molecule has 3 N–H and O–H groups in total. The molecule has 1 heterocycles. The van der Waals surface area contributed by atoms with Crippen molar-refractivity contribution in [3.63, 3.8) is 0 Å². The van der Waals surface area contributed by atoms with Crippen molar-refractivity contribution in [1.29, 1.82) is 0 Å². The van der Waals surface area contributed by atoms with E-state index in [1.165, 1.54) is 5.57 Å². The van der Waals surface area contributed by atoms with Gasteiger partial charge in [-0.15, -0.1) is 0 Å². The van der Waals surface area contributed by atoms with Crippen LogP contribution in [0.25, 0.3) is 0 Å². The van der Waals surface area contributed by atoms with E-state index in [1.807, 2.05) is 32.1 Å². The van der Waals surface area contributed by atoms with Crippen LogP contribution in [0.1, 0.15) is 20.3 Å². The van der Waals surface area contributed by atoms with Crippen molar-refractivity contribution in [3.05, 3.63) is 72.0 Å². The Morgan fingerprint density at radius 2 is 2.06 bits per heavy atom. The smallest absolute Gasteiger partial charge is 0.0784 e. The van der Waals surface area contributed by atoms with Crippen molar-refractivity contribution in [1.82, 2.24) is 5.32 Å². The van der Waals surface area contributed by atoms with E-state index in [9.17, 15) is 0 Å². The minimum absolute atomic E-state index is 0.102. The fraction of sp³-hybridized carbons (Fsp3) is 0.250. The fourth-order valence-electron chi connectivity index (χ4n) is 2.16. The van der Waals surface area contributed by atoms with Crippen molar-refractivity contribution in [2.45, 2.75) is 26.4 Å². The molecule has 1 unspecified atom stereocenters. The predicted octanol–water partition coefficient (Wildman–Crippen LogP) is 3.34. The van der Waals surface area contributed by atoms with Crippen LogP contribution < -0.4 is 11.1 Å². The maximum absolute atomic E-state index is 6.09. The van der Waals surface area contributed by atoms with Gasteiger partial charge in [-0.25, -0.2) is 0 Å². The van der Waals surface area contributed by atoms with Gasteiger partial charge in [0.05, 0.1) is 6.17 Å². The van der Waals surface area contributed by atoms with Crippen LogP contribution in [-0.4, -0.2) is 6.17 Å². The van der Waals surface area contributed by atoms with Gasteiger partial charge in [-0.1, -0.05) is 43.5 Å². The molecule has 0 aromatic rings. The van der Waals surface area contributed by atoms with Crippen LogP contribution in [-0.2, 0) is 0 Å². The zero-order valence-corrected chi connectivity index (χ0v) is 11.2. The molecule has 1 atom stereocenters. The maximum Gasteiger partial charge on any atom is 0.0784 e. The number of nitrogens with two attached hydrogens (primary N) is 1. The van der Waals surface area contributed by atoms with Gasteiger partial charge in [0.2, 0.25) is 0 Å². The molecule has 18 heavy (non-hydrogen) atoms. The molecule has 1 rings (SSSR count). The Labute approximate surface area is 110 Å². The van der Waals surface area contributed by atoms with Crippen molar-refractivity contribution in [3.8, 4) is 0 Å². The summed E-state index contributed by atoms with van der Waals surface area (Å²) in [6.45, 7) is 11.7. The first kappa shape index (κ1) is 14.3. The van der Waals surface area contributed by atoms with Crippen LogP contribution >= 0.6 is 0 Å². The molecule has 2 heteroatoms. The van der Waals surface area contributed by atoms with E-state index in [-0.39, 0.29) is 6.17 Å². The van der Waals surface area contributed by atoms with Crippen LogP contribution in [0.5, 0.6) is 0 Å². The van der Waals surface area contributed by atoms with Crippen LogP contribution in [0.4, 0.5) is 0 Å². The van der Waals surface area contributed by atoms with E-state index in [2.05, 4.69) is 30.6 Å². The summed E-state index contributed by atoms with van der Waals surface area (Å²) in [6, 6.07) is 0. The largest absolute Gasteiger partial charge is 0.369 e. The fourth-order valence-corrected chi connectivity index (χ4v) is 2.16. The second-order valence-corrected chi connectivity index (χ2v) is 4.12. The average molecular weight is 242 g/mol. The van der Waals surface area contributed by atoms with Crippen molar-refractivity contribution >= 4 is 0 Å². The highest BCUT2D eigenvalue weighted by Gasteiger charge is 2.19.